The summed E-state index contributed by atoms with van der Waals surface area (Å²) in [6.07, 6.45) is 0. The summed E-state index contributed by atoms with van der Waals surface area (Å²) in [5, 5.41) is 0.648. The normalized spacial score (nSPS) is 11.9. The largest absolute Gasteiger partial charge is 0.460 e. The third-order valence-corrected chi connectivity index (χ3v) is 4.66. The Morgan fingerprint density at radius 3 is 2.25 bits per heavy atom. The fraction of sp³-hybridized carbons (Fsp3) is 0.208. The number of hydrogen-bond donors (Lipinski definition) is 0. The van der Waals surface area contributed by atoms with Gasteiger partial charge in [0.15, 0.2) is 0 Å². The van der Waals surface area contributed by atoms with Crippen molar-refractivity contribution in [2.75, 3.05) is 0 Å². The molecule has 144 valence electrons. The maximum absolute atomic E-state index is 12.7. The third-order valence-electron chi connectivity index (χ3n) is 4.41. The van der Waals surface area contributed by atoms with Crippen LogP contribution in [0.15, 0.2) is 78.9 Å². The molecule has 0 saturated carbocycles. The lowest BCUT2D eigenvalue weighted by Gasteiger charge is -2.20. The molecular weight excluding hydrogens is 372 g/mol. The van der Waals surface area contributed by atoms with Crippen LogP contribution in [0.2, 0.25) is 5.02 Å². The Balaban J connectivity index is 1.66. The van der Waals surface area contributed by atoms with Crippen LogP contribution in [0.5, 0.6) is 11.5 Å². The minimum atomic E-state index is -0.332. The van der Waals surface area contributed by atoms with Gasteiger partial charge < -0.3 is 9.47 Å². The first-order valence-electron chi connectivity index (χ1n) is 9.27. The number of carbonyl (C=O) groups excluding carboxylic acids is 1. The molecule has 3 rings (SSSR count). The van der Waals surface area contributed by atoms with E-state index in [9.17, 15) is 4.79 Å². The predicted molar refractivity (Wildman–Crippen MR) is 112 cm³/mol. The van der Waals surface area contributed by atoms with Gasteiger partial charge in [0.1, 0.15) is 18.1 Å². The summed E-state index contributed by atoms with van der Waals surface area (Å²) in [5.74, 6) is 1.01. The van der Waals surface area contributed by atoms with Crippen molar-refractivity contribution >= 4 is 17.6 Å². The average molecular weight is 395 g/mol. The van der Waals surface area contributed by atoms with E-state index < -0.39 is 0 Å². The van der Waals surface area contributed by atoms with E-state index in [4.69, 9.17) is 21.1 Å². The topological polar surface area (TPSA) is 35.5 Å². The van der Waals surface area contributed by atoms with E-state index in [1.54, 1.807) is 12.1 Å². The van der Waals surface area contributed by atoms with Crippen molar-refractivity contribution in [1.29, 1.82) is 0 Å². The summed E-state index contributed by atoms with van der Waals surface area (Å²) < 4.78 is 11.5. The van der Waals surface area contributed by atoms with Crippen LogP contribution in [0.3, 0.4) is 0 Å². The number of rotatable bonds is 7. The maximum Gasteiger partial charge on any atom is 0.314 e. The molecule has 3 nitrogen and oxygen atoms in total. The highest BCUT2D eigenvalue weighted by atomic mass is 35.5. The van der Waals surface area contributed by atoms with E-state index in [0.29, 0.717) is 10.8 Å². The Labute approximate surface area is 170 Å². The number of para-hydroxylation sites is 1. The second-order valence-electron chi connectivity index (χ2n) is 6.94. The first kappa shape index (κ1) is 20.0. The fourth-order valence-electron chi connectivity index (χ4n) is 3.03. The Hall–Kier alpha value is -2.78. The van der Waals surface area contributed by atoms with E-state index in [2.05, 4.69) is 0 Å². The minimum absolute atomic E-state index is 0.112. The molecule has 1 atom stereocenters. The van der Waals surface area contributed by atoms with Gasteiger partial charge in [0, 0.05) is 5.02 Å². The second-order valence-corrected chi connectivity index (χ2v) is 7.38. The molecule has 0 aliphatic heterocycles. The van der Waals surface area contributed by atoms with Crippen LogP contribution in [0.25, 0.3) is 0 Å². The number of carbonyl (C=O) groups is 1. The zero-order valence-electron chi connectivity index (χ0n) is 16.0. The lowest BCUT2D eigenvalue weighted by Crippen LogP contribution is -2.20. The highest BCUT2D eigenvalue weighted by Gasteiger charge is 2.25. The van der Waals surface area contributed by atoms with Crippen molar-refractivity contribution in [3.63, 3.8) is 0 Å². The zero-order valence-corrected chi connectivity index (χ0v) is 16.7. The molecule has 3 aromatic rings. The van der Waals surface area contributed by atoms with Crippen molar-refractivity contribution in [2.45, 2.75) is 26.4 Å². The summed E-state index contributed by atoms with van der Waals surface area (Å²) in [7, 11) is 0. The minimum Gasteiger partial charge on any atom is -0.460 e. The quantitative estimate of drug-likeness (QED) is 0.422. The Morgan fingerprint density at radius 2 is 1.57 bits per heavy atom. The van der Waals surface area contributed by atoms with Crippen LogP contribution in [-0.2, 0) is 16.1 Å². The van der Waals surface area contributed by atoms with Gasteiger partial charge in [0.2, 0.25) is 0 Å². The molecule has 0 heterocycles. The molecule has 0 aliphatic rings. The number of halogens is 1. The van der Waals surface area contributed by atoms with Crippen molar-refractivity contribution < 1.29 is 14.3 Å². The van der Waals surface area contributed by atoms with Gasteiger partial charge in [-0.15, -0.1) is 0 Å². The summed E-state index contributed by atoms with van der Waals surface area (Å²) in [5.41, 5.74) is 1.78. The van der Waals surface area contributed by atoms with Crippen LogP contribution in [0.1, 0.15) is 30.9 Å². The average Bonchev–Trinajstić information content (AvgIpc) is 2.69. The molecule has 0 spiro atoms. The van der Waals surface area contributed by atoms with Gasteiger partial charge in [-0.25, -0.2) is 0 Å². The van der Waals surface area contributed by atoms with E-state index in [1.165, 1.54) is 0 Å². The highest BCUT2D eigenvalue weighted by molar-refractivity contribution is 6.30. The van der Waals surface area contributed by atoms with Crippen LogP contribution in [0.4, 0.5) is 0 Å². The standard InChI is InChI=1S/C24H23ClO3/c1-17(2)23(19-11-13-20(25)14-12-19)24(26)27-16-18-7-6-10-22(15-18)28-21-8-4-3-5-9-21/h3-15,17,23H,16H2,1-2H3. The predicted octanol–water partition coefficient (Wildman–Crippen LogP) is 6.62. The first-order valence-corrected chi connectivity index (χ1v) is 9.64. The molecule has 0 amide bonds. The molecule has 1 unspecified atom stereocenters. The third kappa shape index (κ3) is 5.37. The molecule has 4 heteroatoms. The van der Waals surface area contributed by atoms with Gasteiger partial charge in [0.05, 0.1) is 5.92 Å². The van der Waals surface area contributed by atoms with Crippen LogP contribution < -0.4 is 4.74 Å². The van der Waals surface area contributed by atoms with Crippen molar-refractivity contribution in [1.82, 2.24) is 0 Å². The molecule has 0 saturated heterocycles. The smallest absolute Gasteiger partial charge is 0.314 e. The van der Waals surface area contributed by atoms with Gasteiger partial charge in [-0.3, -0.25) is 4.79 Å². The lowest BCUT2D eigenvalue weighted by molar-refractivity contribution is -0.148. The molecular formula is C24H23ClO3. The Kier molecular flexibility index (Phi) is 6.72. The first-order chi connectivity index (χ1) is 13.5. The molecule has 0 N–H and O–H groups in total. The Bertz CT molecular complexity index is 905. The number of hydrogen-bond acceptors (Lipinski definition) is 3. The van der Waals surface area contributed by atoms with E-state index >= 15 is 0 Å². The van der Waals surface area contributed by atoms with Gasteiger partial charge in [-0.1, -0.05) is 67.9 Å². The molecule has 0 fully saturated rings. The van der Waals surface area contributed by atoms with Gasteiger partial charge in [0.25, 0.3) is 0 Å². The van der Waals surface area contributed by atoms with Gasteiger partial charge in [-0.2, -0.15) is 0 Å². The molecule has 28 heavy (non-hydrogen) atoms. The summed E-state index contributed by atoms with van der Waals surface area (Å²) in [6.45, 7) is 4.21. The molecule has 0 radical (unpaired) electrons. The van der Waals surface area contributed by atoms with Crippen LogP contribution >= 0.6 is 11.6 Å². The zero-order chi connectivity index (χ0) is 19.9. The number of ether oxygens (including phenoxy) is 2. The summed E-state index contributed by atoms with van der Waals surface area (Å²) in [4.78, 5) is 12.7. The van der Waals surface area contributed by atoms with E-state index in [0.717, 1.165) is 16.9 Å². The SMILES string of the molecule is CC(C)C(C(=O)OCc1cccc(Oc2ccccc2)c1)c1ccc(Cl)cc1. The molecule has 0 aliphatic carbocycles. The summed E-state index contributed by atoms with van der Waals surface area (Å²) >= 11 is 5.96. The highest BCUT2D eigenvalue weighted by Crippen LogP contribution is 2.28. The molecule has 0 bridgehead atoms. The number of benzene rings is 3. The van der Waals surface area contributed by atoms with Crippen molar-refractivity contribution in [3.05, 3.63) is 95.0 Å². The Morgan fingerprint density at radius 1 is 0.893 bits per heavy atom. The number of esters is 1. The van der Waals surface area contributed by atoms with Crippen molar-refractivity contribution in [2.24, 2.45) is 5.92 Å². The lowest BCUT2D eigenvalue weighted by atomic mass is 9.88. The van der Waals surface area contributed by atoms with Crippen LogP contribution in [-0.4, -0.2) is 5.97 Å². The monoisotopic (exact) mass is 394 g/mol. The second kappa shape index (κ2) is 9.43. The van der Waals surface area contributed by atoms with E-state index in [1.807, 2.05) is 80.6 Å². The molecule has 3 aromatic carbocycles. The van der Waals surface area contributed by atoms with E-state index in [-0.39, 0.29) is 24.4 Å². The van der Waals surface area contributed by atoms with Crippen LogP contribution in [0, 0.1) is 5.92 Å². The fourth-order valence-corrected chi connectivity index (χ4v) is 3.16. The molecule has 0 aromatic heterocycles. The van der Waals surface area contributed by atoms with Gasteiger partial charge in [-0.05, 0) is 53.4 Å². The summed E-state index contributed by atoms with van der Waals surface area (Å²) in [6, 6.07) is 24.5. The van der Waals surface area contributed by atoms with Crippen molar-refractivity contribution in [3.8, 4) is 11.5 Å². The van der Waals surface area contributed by atoms with Gasteiger partial charge >= 0.3 is 5.97 Å². The maximum atomic E-state index is 12.7.